The van der Waals surface area contributed by atoms with Crippen LogP contribution in [0.4, 0.5) is 5.69 Å². The third-order valence-electron chi connectivity index (χ3n) is 3.09. The second-order valence-electron chi connectivity index (χ2n) is 4.51. The molecule has 0 saturated carbocycles. The van der Waals surface area contributed by atoms with Gasteiger partial charge in [0.25, 0.3) is 5.69 Å². The minimum Gasteiger partial charge on any atom is -0.311 e. The Balaban J connectivity index is 2.16. The summed E-state index contributed by atoms with van der Waals surface area (Å²) < 4.78 is 1.69. The third kappa shape index (κ3) is 3.18. The van der Waals surface area contributed by atoms with Gasteiger partial charge in [0.05, 0.1) is 23.4 Å². The van der Waals surface area contributed by atoms with Crippen molar-refractivity contribution in [1.29, 1.82) is 0 Å². The summed E-state index contributed by atoms with van der Waals surface area (Å²) >= 11 is 0. The predicted molar refractivity (Wildman–Crippen MR) is 74.3 cm³/mol. The Labute approximate surface area is 116 Å². The molecule has 0 aliphatic heterocycles. The van der Waals surface area contributed by atoms with Crippen molar-refractivity contribution in [3.63, 3.8) is 0 Å². The molecule has 0 unspecified atom stereocenters. The number of hydrogen-bond acceptors (Lipinski definition) is 5. The molecule has 0 bridgehead atoms. The van der Waals surface area contributed by atoms with Crippen LogP contribution in [0.3, 0.4) is 0 Å². The minimum atomic E-state index is -0.364. The average molecular weight is 275 g/mol. The van der Waals surface area contributed by atoms with Gasteiger partial charge in [0.15, 0.2) is 0 Å². The molecular weight excluding hydrogens is 258 g/mol. The second-order valence-corrected chi connectivity index (χ2v) is 4.51. The normalized spacial score (nSPS) is 10.7. The first-order valence-electron chi connectivity index (χ1n) is 6.44. The van der Waals surface area contributed by atoms with E-state index in [9.17, 15) is 10.1 Å². The van der Waals surface area contributed by atoms with Crippen LogP contribution in [0.2, 0.25) is 0 Å². The fourth-order valence-corrected chi connectivity index (χ4v) is 1.96. The fraction of sp³-hybridized carbons (Fsp3) is 0.385. The number of nitrogens with one attached hydrogen (secondary N) is 1. The van der Waals surface area contributed by atoms with Gasteiger partial charge >= 0.3 is 0 Å². The molecule has 0 aliphatic rings. The Morgan fingerprint density at radius 2 is 2.25 bits per heavy atom. The maximum Gasteiger partial charge on any atom is 0.272 e. The molecule has 1 aromatic heterocycles. The molecule has 0 aliphatic carbocycles. The summed E-state index contributed by atoms with van der Waals surface area (Å²) in [7, 11) is 0. The lowest BCUT2D eigenvalue weighted by molar-refractivity contribution is -0.385. The molecule has 0 amide bonds. The van der Waals surface area contributed by atoms with E-state index in [0.29, 0.717) is 18.7 Å². The Morgan fingerprint density at radius 3 is 2.95 bits per heavy atom. The van der Waals surface area contributed by atoms with Gasteiger partial charge in [0, 0.05) is 18.2 Å². The monoisotopic (exact) mass is 275 g/mol. The van der Waals surface area contributed by atoms with Crippen molar-refractivity contribution in [2.75, 3.05) is 6.54 Å². The molecular formula is C13H17N5O2. The smallest absolute Gasteiger partial charge is 0.272 e. The first-order chi connectivity index (χ1) is 9.61. The van der Waals surface area contributed by atoms with Gasteiger partial charge in [-0.05, 0) is 19.0 Å². The molecule has 1 aromatic carbocycles. The zero-order chi connectivity index (χ0) is 14.5. The Bertz CT molecular complexity index is 609. The molecule has 1 heterocycles. The van der Waals surface area contributed by atoms with Gasteiger partial charge in [-0.2, -0.15) is 0 Å². The van der Waals surface area contributed by atoms with Crippen LogP contribution in [0, 0.1) is 17.0 Å². The molecule has 20 heavy (non-hydrogen) atoms. The summed E-state index contributed by atoms with van der Waals surface area (Å²) in [6, 6.07) is 5.07. The van der Waals surface area contributed by atoms with Gasteiger partial charge in [0.1, 0.15) is 0 Å². The zero-order valence-corrected chi connectivity index (χ0v) is 11.5. The van der Waals surface area contributed by atoms with E-state index in [1.807, 2.05) is 19.2 Å². The maximum absolute atomic E-state index is 10.9. The highest BCUT2D eigenvalue weighted by molar-refractivity contribution is 5.44. The van der Waals surface area contributed by atoms with Crippen molar-refractivity contribution in [3.8, 4) is 0 Å². The first-order valence-corrected chi connectivity index (χ1v) is 6.44. The highest BCUT2D eigenvalue weighted by Crippen LogP contribution is 2.21. The summed E-state index contributed by atoms with van der Waals surface area (Å²) in [5, 5.41) is 22.2. The van der Waals surface area contributed by atoms with Gasteiger partial charge in [-0.25, -0.2) is 4.68 Å². The molecule has 0 saturated heterocycles. The summed E-state index contributed by atoms with van der Waals surface area (Å²) in [6.45, 7) is 5.80. The molecule has 2 aromatic rings. The number of rotatable bonds is 6. The highest BCUT2D eigenvalue weighted by Gasteiger charge is 2.13. The van der Waals surface area contributed by atoms with Crippen molar-refractivity contribution in [1.82, 2.24) is 20.3 Å². The molecule has 0 radical (unpaired) electrons. The lowest BCUT2D eigenvalue weighted by Crippen LogP contribution is -2.11. The van der Waals surface area contributed by atoms with Crippen LogP contribution in [-0.4, -0.2) is 26.5 Å². The van der Waals surface area contributed by atoms with Crippen LogP contribution in [0.15, 0.2) is 24.4 Å². The number of nitro benzene ring substituents is 1. The summed E-state index contributed by atoms with van der Waals surface area (Å²) in [5.74, 6) is 0. The minimum absolute atomic E-state index is 0.135. The Morgan fingerprint density at radius 1 is 1.45 bits per heavy atom. The Hall–Kier alpha value is -2.28. The molecule has 106 valence electrons. The summed E-state index contributed by atoms with van der Waals surface area (Å²) in [6.07, 6.45) is 1.85. The molecule has 0 spiro atoms. The third-order valence-corrected chi connectivity index (χ3v) is 3.09. The summed E-state index contributed by atoms with van der Waals surface area (Å²) in [4.78, 5) is 10.5. The molecule has 2 rings (SSSR count). The maximum atomic E-state index is 10.9. The largest absolute Gasteiger partial charge is 0.311 e. The number of benzene rings is 1. The number of nitrogens with zero attached hydrogens (tertiary/aromatic N) is 4. The first kappa shape index (κ1) is 14.1. The van der Waals surface area contributed by atoms with Crippen LogP contribution in [0.1, 0.15) is 23.7 Å². The van der Waals surface area contributed by atoms with Gasteiger partial charge in [-0.15, -0.1) is 5.10 Å². The molecule has 1 N–H and O–H groups in total. The lowest BCUT2D eigenvalue weighted by atomic mass is 10.1. The van der Waals surface area contributed by atoms with Crippen molar-refractivity contribution in [3.05, 3.63) is 51.3 Å². The molecule has 7 nitrogen and oxygen atoms in total. The summed E-state index contributed by atoms with van der Waals surface area (Å²) in [5.41, 5.74) is 2.53. The van der Waals surface area contributed by atoms with E-state index in [1.165, 1.54) is 6.07 Å². The Kier molecular flexibility index (Phi) is 4.41. The second kappa shape index (κ2) is 6.25. The van der Waals surface area contributed by atoms with E-state index in [2.05, 4.69) is 15.6 Å². The number of aromatic nitrogens is 3. The van der Waals surface area contributed by atoms with Crippen LogP contribution < -0.4 is 5.32 Å². The van der Waals surface area contributed by atoms with Crippen molar-refractivity contribution in [2.24, 2.45) is 0 Å². The quantitative estimate of drug-likeness (QED) is 0.640. The van der Waals surface area contributed by atoms with E-state index in [4.69, 9.17) is 0 Å². The van der Waals surface area contributed by atoms with E-state index >= 15 is 0 Å². The van der Waals surface area contributed by atoms with Gasteiger partial charge in [-0.3, -0.25) is 10.1 Å². The topological polar surface area (TPSA) is 85.9 Å². The van der Waals surface area contributed by atoms with E-state index in [0.717, 1.165) is 17.8 Å². The predicted octanol–water partition coefficient (Wildman–Crippen LogP) is 1.65. The van der Waals surface area contributed by atoms with E-state index < -0.39 is 0 Å². The number of hydrogen-bond donors (Lipinski definition) is 1. The van der Waals surface area contributed by atoms with Crippen molar-refractivity contribution >= 4 is 5.69 Å². The molecule has 0 atom stereocenters. The van der Waals surface area contributed by atoms with Gasteiger partial charge in [0.2, 0.25) is 0 Å². The van der Waals surface area contributed by atoms with E-state index in [-0.39, 0.29) is 10.6 Å². The van der Waals surface area contributed by atoms with E-state index in [1.54, 1.807) is 17.7 Å². The lowest BCUT2D eigenvalue weighted by Gasteiger charge is -2.05. The average Bonchev–Trinajstić information content (AvgIpc) is 2.86. The number of nitro groups is 1. The van der Waals surface area contributed by atoms with Crippen molar-refractivity contribution in [2.45, 2.75) is 26.9 Å². The fourth-order valence-electron chi connectivity index (χ4n) is 1.96. The van der Waals surface area contributed by atoms with Gasteiger partial charge in [-0.1, -0.05) is 24.3 Å². The van der Waals surface area contributed by atoms with Crippen molar-refractivity contribution < 1.29 is 4.92 Å². The van der Waals surface area contributed by atoms with Crippen LogP contribution in [0.5, 0.6) is 0 Å². The van der Waals surface area contributed by atoms with Crippen LogP contribution in [-0.2, 0) is 13.1 Å². The molecule has 7 heteroatoms. The van der Waals surface area contributed by atoms with Crippen LogP contribution in [0.25, 0.3) is 0 Å². The van der Waals surface area contributed by atoms with Gasteiger partial charge < -0.3 is 5.32 Å². The highest BCUT2D eigenvalue weighted by atomic mass is 16.6. The SMILES string of the molecule is CCNCc1cn(Cc2cccc([N+](=O)[O-])c2C)nn1. The van der Waals surface area contributed by atoms with Crippen LogP contribution >= 0.6 is 0 Å². The standard InChI is InChI=1S/C13H17N5O2/c1-3-14-7-12-9-17(16-15-12)8-11-5-4-6-13(10(11)2)18(19)20/h4-6,9,14H,3,7-8H2,1-2H3. The molecule has 0 fully saturated rings. The zero-order valence-electron chi connectivity index (χ0n) is 11.5.